The third kappa shape index (κ3) is 3.79. The highest BCUT2D eigenvalue weighted by atomic mass is 35.5. The lowest BCUT2D eigenvalue weighted by molar-refractivity contribution is -0.144. The fourth-order valence-corrected chi connectivity index (χ4v) is 5.78. The maximum atomic E-state index is 13.7. The predicted octanol–water partition coefficient (Wildman–Crippen LogP) is 4.39. The topological polar surface area (TPSA) is 57.7 Å². The summed E-state index contributed by atoms with van der Waals surface area (Å²) in [6.45, 7) is 0.476. The molecule has 4 rings (SSSR count). The van der Waals surface area contributed by atoms with E-state index in [4.69, 9.17) is 11.6 Å². The van der Waals surface area contributed by atoms with Gasteiger partial charge >= 0.3 is 0 Å². The summed E-state index contributed by atoms with van der Waals surface area (Å²) in [4.78, 5) is 44.1. The first-order chi connectivity index (χ1) is 14.4. The van der Waals surface area contributed by atoms with E-state index in [-0.39, 0.29) is 36.6 Å². The van der Waals surface area contributed by atoms with Crippen LogP contribution < -0.4 is 0 Å². The molecule has 2 aliphatic rings. The molecule has 1 aromatic heterocycles. The number of carbonyl (C=O) groups excluding carboxylic acids is 3. The Hall–Kier alpha value is -2.18. The Morgan fingerprint density at radius 3 is 2.60 bits per heavy atom. The largest absolute Gasteiger partial charge is 0.341 e. The second-order valence-electron chi connectivity index (χ2n) is 8.25. The van der Waals surface area contributed by atoms with E-state index in [1.54, 1.807) is 47.5 Å². The molecule has 1 saturated carbocycles. The van der Waals surface area contributed by atoms with Gasteiger partial charge in [-0.25, -0.2) is 0 Å². The summed E-state index contributed by atoms with van der Waals surface area (Å²) in [6.07, 6.45) is 3.63. The number of hydrogen-bond acceptors (Lipinski definition) is 4. The summed E-state index contributed by atoms with van der Waals surface area (Å²) < 4.78 is 0. The van der Waals surface area contributed by atoms with Crippen LogP contribution in [0.4, 0.5) is 0 Å². The van der Waals surface area contributed by atoms with E-state index in [1.165, 1.54) is 4.90 Å². The zero-order valence-electron chi connectivity index (χ0n) is 17.0. The molecular weight excluding hydrogens is 420 g/mol. The van der Waals surface area contributed by atoms with Crippen molar-refractivity contribution in [2.75, 3.05) is 7.05 Å². The van der Waals surface area contributed by atoms with Crippen LogP contribution >= 0.6 is 22.9 Å². The van der Waals surface area contributed by atoms with Gasteiger partial charge in [0.2, 0.25) is 17.7 Å². The highest BCUT2D eigenvalue weighted by Crippen LogP contribution is 2.45. The molecule has 1 aromatic carbocycles. The number of benzene rings is 1. The van der Waals surface area contributed by atoms with Gasteiger partial charge in [0.25, 0.3) is 0 Å². The lowest BCUT2D eigenvalue weighted by atomic mass is 9.75. The normalized spacial score (nSPS) is 22.1. The minimum Gasteiger partial charge on any atom is -0.341 e. The Kier molecular flexibility index (Phi) is 5.98. The lowest BCUT2D eigenvalue weighted by Gasteiger charge is -2.31. The summed E-state index contributed by atoms with van der Waals surface area (Å²) in [5.74, 6) is -0.636. The van der Waals surface area contributed by atoms with Gasteiger partial charge in [-0.15, -0.1) is 11.3 Å². The molecule has 5 nitrogen and oxygen atoms in total. The van der Waals surface area contributed by atoms with Gasteiger partial charge in [0.15, 0.2) is 0 Å². The molecule has 1 saturated heterocycles. The third-order valence-electron chi connectivity index (χ3n) is 6.28. The third-order valence-corrected chi connectivity index (χ3v) is 7.47. The van der Waals surface area contributed by atoms with Crippen molar-refractivity contribution in [1.82, 2.24) is 9.80 Å². The fourth-order valence-electron chi connectivity index (χ4n) is 4.71. The molecule has 1 aliphatic carbocycles. The van der Waals surface area contributed by atoms with E-state index in [0.717, 1.165) is 30.6 Å². The molecule has 1 unspecified atom stereocenters. The Morgan fingerprint density at radius 1 is 1.20 bits per heavy atom. The monoisotopic (exact) mass is 444 g/mol. The summed E-state index contributed by atoms with van der Waals surface area (Å²) in [5, 5.41) is 2.39. The van der Waals surface area contributed by atoms with Crippen molar-refractivity contribution in [3.63, 3.8) is 0 Å². The minimum atomic E-state index is -1.24. The second kappa shape index (κ2) is 8.52. The molecule has 0 bridgehead atoms. The van der Waals surface area contributed by atoms with Crippen LogP contribution in [0.25, 0.3) is 0 Å². The summed E-state index contributed by atoms with van der Waals surface area (Å²) >= 11 is 8.07. The SMILES string of the molecule is CN(Cc1cccs1)C(=O)CC1(c2ccccc2Cl)CC(=O)N(C2CCCC2)C1=O. The average molecular weight is 445 g/mol. The van der Waals surface area contributed by atoms with Gasteiger partial charge in [0, 0.05) is 35.8 Å². The Balaban J connectivity index is 1.67. The van der Waals surface area contributed by atoms with Crippen LogP contribution in [0.5, 0.6) is 0 Å². The highest BCUT2D eigenvalue weighted by molar-refractivity contribution is 7.09. The van der Waals surface area contributed by atoms with E-state index in [0.29, 0.717) is 17.1 Å². The van der Waals surface area contributed by atoms with Crippen LogP contribution in [-0.4, -0.2) is 40.6 Å². The van der Waals surface area contributed by atoms with Gasteiger partial charge in [0.05, 0.1) is 12.0 Å². The maximum Gasteiger partial charge on any atom is 0.241 e. The van der Waals surface area contributed by atoms with Crippen LogP contribution in [0.1, 0.15) is 49.0 Å². The first-order valence-electron chi connectivity index (χ1n) is 10.3. The second-order valence-corrected chi connectivity index (χ2v) is 9.69. The van der Waals surface area contributed by atoms with E-state index < -0.39 is 5.41 Å². The lowest BCUT2D eigenvalue weighted by Crippen LogP contribution is -2.45. The molecule has 30 heavy (non-hydrogen) atoms. The van der Waals surface area contributed by atoms with Crippen molar-refractivity contribution >= 4 is 40.7 Å². The Bertz CT molecular complexity index is 955. The van der Waals surface area contributed by atoms with Crippen molar-refractivity contribution < 1.29 is 14.4 Å². The molecular formula is C23H25ClN2O3S. The number of hydrogen-bond donors (Lipinski definition) is 0. The van der Waals surface area contributed by atoms with Gasteiger partial charge in [-0.2, -0.15) is 0 Å². The Labute approximate surface area is 185 Å². The summed E-state index contributed by atoms with van der Waals surface area (Å²) in [7, 11) is 1.73. The van der Waals surface area contributed by atoms with Crippen molar-refractivity contribution in [2.45, 2.75) is 56.5 Å². The minimum absolute atomic E-state index is 0.00928. The smallest absolute Gasteiger partial charge is 0.241 e. The van der Waals surface area contributed by atoms with Gasteiger partial charge < -0.3 is 4.90 Å². The first-order valence-corrected chi connectivity index (χ1v) is 11.6. The van der Waals surface area contributed by atoms with E-state index in [1.807, 2.05) is 17.5 Å². The Morgan fingerprint density at radius 2 is 1.93 bits per heavy atom. The predicted molar refractivity (Wildman–Crippen MR) is 117 cm³/mol. The molecule has 0 N–H and O–H groups in total. The zero-order valence-corrected chi connectivity index (χ0v) is 18.5. The van der Waals surface area contributed by atoms with E-state index in [2.05, 4.69) is 0 Å². The number of thiophene rings is 1. The molecule has 0 spiro atoms. The number of likely N-dealkylation sites (tertiary alicyclic amines) is 1. The number of rotatable bonds is 6. The van der Waals surface area contributed by atoms with Crippen LogP contribution in [0, 0.1) is 0 Å². The van der Waals surface area contributed by atoms with Crippen molar-refractivity contribution in [3.05, 3.63) is 57.2 Å². The van der Waals surface area contributed by atoms with Gasteiger partial charge in [-0.05, 0) is 35.9 Å². The molecule has 2 heterocycles. The van der Waals surface area contributed by atoms with Gasteiger partial charge in [0.1, 0.15) is 0 Å². The van der Waals surface area contributed by atoms with Gasteiger partial charge in [-0.3, -0.25) is 19.3 Å². The van der Waals surface area contributed by atoms with Crippen molar-refractivity contribution in [1.29, 1.82) is 0 Å². The number of amides is 3. The zero-order chi connectivity index (χ0) is 21.3. The molecule has 1 aliphatic heterocycles. The molecule has 1 atom stereocenters. The maximum absolute atomic E-state index is 13.7. The molecule has 2 fully saturated rings. The first kappa shape index (κ1) is 21.1. The van der Waals surface area contributed by atoms with Crippen molar-refractivity contribution in [2.24, 2.45) is 0 Å². The van der Waals surface area contributed by atoms with Crippen LogP contribution in [-0.2, 0) is 26.3 Å². The number of nitrogens with zero attached hydrogens (tertiary/aromatic N) is 2. The number of halogens is 1. The fraction of sp³-hybridized carbons (Fsp3) is 0.435. The van der Waals surface area contributed by atoms with Crippen LogP contribution in [0.3, 0.4) is 0 Å². The molecule has 158 valence electrons. The molecule has 2 aromatic rings. The van der Waals surface area contributed by atoms with Crippen LogP contribution in [0.2, 0.25) is 5.02 Å². The molecule has 0 radical (unpaired) electrons. The van der Waals surface area contributed by atoms with Crippen LogP contribution in [0.15, 0.2) is 41.8 Å². The molecule has 7 heteroatoms. The standard InChI is InChI=1S/C23H25ClN2O3S/c1-25(15-17-9-6-12-30-17)20(27)13-23(18-10-4-5-11-19(18)24)14-21(28)26(22(23)29)16-7-2-3-8-16/h4-6,9-12,16H,2-3,7-8,13-15H2,1H3. The molecule has 3 amide bonds. The van der Waals surface area contributed by atoms with E-state index in [9.17, 15) is 14.4 Å². The van der Waals surface area contributed by atoms with E-state index >= 15 is 0 Å². The average Bonchev–Trinajstić information content (AvgIpc) is 3.45. The van der Waals surface area contributed by atoms with Crippen molar-refractivity contribution in [3.8, 4) is 0 Å². The summed E-state index contributed by atoms with van der Waals surface area (Å²) in [6, 6.07) is 11.0. The summed E-state index contributed by atoms with van der Waals surface area (Å²) in [5.41, 5.74) is -0.665. The number of carbonyl (C=O) groups is 3. The quantitative estimate of drug-likeness (QED) is 0.621. The highest BCUT2D eigenvalue weighted by Gasteiger charge is 2.56. The van der Waals surface area contributed by atoms with Gasteiger partial charge in [-0.1, -0.05) is 48.7 Å². The number of imide groups is 1.